The molecule has 0 bridgehead atoms. The molecular weight excluding hydrogens is 410 g/mol. The van der Waals surface area contributed by atoms with Crippen LogP contribution in [0.3, 0.4) is 0 Å². The molecule has 2 saturated heterocycles. The standard InChI is InChI=1S/C24H37N3O3S/c1-19-8-10-20(11-9-19)25(2)24(28)22-18-21(12-13-23(22)26-14-6-7-15-26)31(29,30)27-16-4-3-5-17-27/h12-13,18-20H,3-11,14-17H2,1-2H3. The highest BCUT2D eigenvalue weighted by Crippen LogP contribution is 2.32. The number of rotatable bonds is 5. The lowest BCUT2D eigenvalue weighted by molar-refractivity contribution is 0.0680. The van der Waals surface area contributed by atoms with Crippen LogP contribution in [-0.2, 0) is 10.0 Å². The number of hydrogen-bond acceptors (Lipinski definition) is 4. The first-order valence-electron chi connectivity index (χ1n) is 12.0. The molecule has 0 unspecified atom stereocenters. The lowest BCUT2D eigenvalue weighted by atomic mass is 9.86. The van der Waals surface area contributed by atoms with E-state index in [0.29, 0.717) is 18.7 Å². The number of anilines is 1. The summed E-state index contributed by atoms with van der Waals surface area (Å²) in [6, 6.07) is 5.46. The molecule has 3 fully saturated rings. The predicted octanol–water partition coefficient (Wildman–Crippen LogP) is 4.11. The summed E-state index contributed by atoms with van der Waals surface area (Å²) in [7, 11) is -1.68. The summed E-state index contributed by atoms with van der Waals surface area (Å²) in [4.78, 5) is 18.0. The highest BCUT2D eigenvalue weighted by Gasteiger charge is 2.31. The van der Waals surface area contributed by atoms with E-state index in [2.05, 4.69) is 11.8 Å². The summed E-state index contributed by atoms with van der Waals surface area (Å²) in [5.41, 5.74) is 1.43. The smallest absolute Gasteiger partial charge is 0.255 e. The quantitative estimate of drug-likeness (QED) is 0.681. The van der Waals surface area contributed by atoms with Crippen molar-refractivity contribution >= 4 is 21.6 Å². The Kier molecular flexibility index (Phi) is 6.92. The zero-order valence-electron chi connectivity index (χ0n) is 19.1. The molecule has 1 amide bonds. The Morgan fingerprint density at radius 2 is 1.55 bits per heavy atom. The first kappa shape index (κ1) is 22.6. The minimum atomic E-state index is -3.57. The second-order valence-corrected chi connectivity index (χ2v) is 11.6. The molecule has 0 N–H and O–H groups in total. The summed E-state index contributed by atoms with van der Waals surface area (Å²) in [6.45, 7) is 5.25. The van der Waals surface area contributed by atoms with Crippen molar-refractivity contribution in [2.24, 2.45) is 5.92 Å². The Labute approximate surface area is 187 Å². The topological polar surface area (TPSA) is 60.9 Å². The van der Waals surface area contributed by atoms with Crippen molar-refractivity contribution in [3.05, 3.63) is 23.8 Å². The van der Waals surface area contributed by atoms with Crippen molar-refractivity contribution in [1.29, 1.82) is 0 Å². The predicted molar refractivity (Wildman–Crippen MR) is 124 cm³/mol. The fourth-order valence-corrected chi connectivity index (χ4v) is 6.86. The normalized spacial score (nSPS) is 25.5. The molecule has 172 valence electrons. The van der Waals surface area contributed by atoms with Gasteiger partial charge in [-0.25, -0.2) is 8.42 Å². The molecule has 0 atom stereocenters. The SMILES string of the molecule is CC1CCC(N(C)C(=O)c2cc(S(=O)(=O)N3CCCCC3)ccc2N2CCCC2)CC1. The monoisotopic (exact) mass is 447 g/mol. The maximum Gasteiger partial charge on any atom is 0.255 e. The lowest BCUT2D eigenvalue weighted by Crippen LogP contribution is -2.40. The van der Waals surface area contributed by atoms with E-state index >= 15 is 0 Å². The summed E-state index contributed by atoms with van der Waals surface area (Å²) < 4.78 is 28.2. The third-order valence-electron chi connectivity index (χ3n) is 7.45. The third-order valence-corrected chi connectivity index (χ3v) is 9.35. The first-order chi connectivity index (χ1) is 14.9. The highest BCUT2D eigenvalue weighted by atomic mass is 32.2. The van der Waals surface area contributed by atoms with E-state index in [-0.39, 0.29) is 16.8 Å². The van der Waals surface area contributed by atoms with E-state index < -0.39 is 10.0 Å². The van der Waals surface area contributed by atoms with Gasteiger partial charge >= 0.3 is 0 Å². The van der Waals surface area contributed by atoms with Crippen molar-refractivity contribution in [1.82, 2.24) is 9.21 Å². The molecule has 1 aromatic carbocycles. The molecule has 1 aromatic rings. The molecule has 7 heteroatoms. The van der Waals surface area contributed by atoms with E-state index in [4.69, 9.17) is 0 Å². The number of amides is 1. The fraction of sp³-hybridized carbons (Fsp3) is 0.708. The van der Waals surface area contributed by atoms with Crippen molar-refractivity contribution < 1.29 is 13.2 Å². The molecule has 4 rings (SSSR count). The molecular formula is C24H37N3O3S. The maximum atomic E-state index is 13.6. The Morgan fingerprint density at radius 3 is 2.19 bits per heavy atom. The second-order valence-electron chi connectivity index (χ2n) is 9.67. The van der Waals surface area contributed by atoms with Crippen LogP contribution in [-0.4, -0.2) is 62.8 Å². The zero-order chi connectivity index (χ0) is 22.0. The Balaban J connectivity index is 1.66. The molecule has 6 nitrogen and oxygen atoms in total. The molecule has 31 heavy (non-hydrogen) atoms. The van der Waals surface area contributed by atoms with Gasteiger partial charge in [0.25, 0.3) is 5.91 Å². The van der Waals surface area contributed by atoms with Crippen molar-refractivity contribution in [2.75, 3.05) is 38.1 Å². The lowest BCUT2D eigenvalue weighted by Gasteiger charge is -2.34. The average molecular weight is 448 g/mol. The van der Waals surface area contributed by atoms with Crippen LogP contribution in [0.15, 0.2) is 23.1 Å². The molecule has 0 aromatic heterocycles. The van der Waals surface area contributed by atoms with Crippen LogP contribution in [0.4, 0.5) is 5.69 Å². The van der Waals surface area contributed by atoms with Crippen molar-refractivity contribution in [3.8, 4) is 0 Å². The summed E-state index contributed by atoms with van der Waals surface area (Å²) in [5.74, 6) is 0.676. The van der Waals surface area contributed by atoms with Crippen LogP contribution in [0.5, 0.6) is 0 Å². The molecule has 1 aliphatic carbocycles. The largest absolute Gasteiger partial charge is 0.371 e. The summed E-state index contributed by atoms with van der Waals surface area (Å²) >= 11 is 0. The van der Waals surface area contributed by atoms with Crippen LogP contribution in [0.1, 0.15) is 75.1 Å². The molecule has 3 aliphatic rings. The zero-order valence-corrected chi connectivity index (χ0v) is 19.9. The van der Waals surface area contributed by atoms with E-state index in [1.807, 2.05) is 18.0 Å². The van der Waals surface area contributed by atoms with Gasteiger partial charge in [-0.2, -0.15) is 4.31 Å². The van der Waals surface area contributed by atoms with Gasteiger partial charge in [-0.15, -0.1) is 0 Å². The number of carbonyl (C=O) groups excluding carboxylic acids is 1. The van der Waals surface area contributed by atoms with Gasteiger partial charge in [-0.3, -0.25) is 4.79 Å². The van der Waals surface area contributed by atoms with Crippen LogP contribution in [0.2, 0.25) is 0 Å². The third kappa shape index (κ3) is 4.77. The number of sulfonamides is 1. The summed E-state index contributed by atoms with van der Waals surface area (Å²) in [5, 5.41) is 0. The van der Waals surface area contributed by atoms with Gasteiger partial charge in [0.2, 0.25) is 10.0 Å². The first-order valence-corrected chi connectivity index (χ1v) is 13.5. The van der Waals surface area contributed by atoms with Crippen LogP contribution >= 0.6 is 0 Å². The highest BCUT2D eigenvalue weighted by molar-refractivity contribution is 7.89. The Hall–Kier alpha value is -1.60. The molecule has 2 aliphatic heterocycles. The Bertz CT molecular complexity index is 881. The molecule has 0 radical (unpaired) electrons. The van der Waals surface area contributed by atoms with E-state index in [0.717, 1.165) is 82.5 Å². The van der Waals surface area contributed by atoms with Crippen molar-refractivity contribution in [2.45, 2.75) is 75.6 Å². The minimum Gasteiger partial charge on any atom is -0.371 e. The van der Waals surface area contributed by atoms with Gasteiger partial charge in [-0.05, 0) is 75.5 Å². The second kappa shape index (κ2) is 9.49. The van der Waals surface area contributed by atoms with E-state index in [1.54, 1.807) is 16.4 Å². The number of carbonyl (C=O) groups is 1. The minimum absolute atomic E-state index is 0.0443. The van der Waals surface area contributed by atoms with Crippen LogP contribution < -0.4 is 4.90 Å². The van der Waals surface area contributed by atoms with Gasteiger partial charge in [0.15, 0.2) is 0 Å². The number of piperidine rings is 1. The maximum absolute atomic E-state index is 13.6. The number of hydrogen-bond donors (Lipinski definition) is 0. The summed E-state index contributed by atoms with van der Waals surface area (Å²) in [6.07, 6.45) is 9.43. The van der Waals surface area contributed by atoms with Gasteiger partial charge in [-0.1, -0.05) is 13.3 Å². The molecule has 0 spiro atoms. The molecule has 2 heterocycles. The molecule has 1 saturated carbocycles. The van der Waals surface area contributed by atoms with Crippen LogP contribution in [0.25, 0.3) is 0 Å². The fourth-order valence-electron chi connectivity index (χ4n) is 5.32. The van der Waals surface area contributed by atoms with Gasteiger partial charge in [0.05, 0.1) is 10.5 Å². The Morgan fingerprint density at radius 1 is 0.935 bits per heavy atom. The number of nitrogens with zero attached hydrogens (tertiary/aromatic N) is 3. The van der Waals surface area contributed by atoms with E-state index in [1.165, 1.54) is 0 Å². The van der Waals surface area contributed by atoms with Crippen molar-refractivity contribution in [3.63, 3.8) is 0 Å². The van der Waals surface area contributed by atoms with Gasteiger partial charge < -0.3 is 9.80 Å². The number of benzene rings is 1. The van der Waals surface area contributed by atoms with Gasteiger partial charge in [0, 0.05) is 45.0 Å². The van der Waals surface area contributed by atoms with Gasteiger partial charge in [0.1, 0.15) is 0 Å². The van der Waals surface area contributed by atoms with Crippen LogP contribution in [0, 0.1) is 5.92 Å². The average Bonchev–Trinajstić information content (AvgIpc) is 3.33. The van der Waals surface area contributed by atoms with E-state index in [9.17, 15) is 13.2 Å².